The maximum absolute atomic E-state index is 11.0. The van der Waals surface area contributed by atoms with Gasteiger partial charge in [0.2, 0.25) is 0 Å². The van der Waals surface area contributed by atoms with Gasteiger partial charge in [0.1, 0.15) is 17.1 Å². The molecule has 0 aliphatic rings. The number of anilines is 1. The van der Waals surface area contributed by atoms with E-state index in [0.717, 1.165) is 5.76 Å². The molecule has 0 aromatic carbocycles. The van der Waals surface area contributed by atoms with Gasteiger partial charge in [0.05, 0.1) is 6.26 Å². The second-order valence-electron chi connectivity index (χ2n) is 3.61. The molecule has 0 saturated carbocycles. The molecule has 0 radical (unpaired) electrons. The minimum Gasteiger partial charge on any atom is -0.478 e. The average molecular weight is 311 g/mol. The van der Waals surface area contributed by atoms with E-state index in [1.54, 1.807) is 12.5 Å². The Morgan fingerprint density at radius 2 is 2.39 bits per heavy atom. The number of pyridine rings is 1. The van der Waals surface area contributed by atoms with Crippen LogP contribution in [0.5, 0.6) is 0 Å². The highest BCUT2D eigenvalue weighted by molar-refractivity contribution is 9.10. The number of furan rings is 1. The third-order valence-electron chi connectivity index (χ3n) is 2.33. The van der Waals surface area contributed by atoms with Gasteiger partial charge in [-0.2, -0.15) is 0 Å². The van der Waals surface area contributed by atoms with Crippen molar-refractivity contribution in [1.29, 1.82) is 0 Å². The lowest BCUT2D eigenvalue weighted by Crippen LogP contribution is -2.11. The number of halogens is 1. The van der Waals surface area contributed by atoms with Crippen LogP contribution >= 0.6 is 15.9 Å². The van der Waals surface area contributed by atoms with E-state index in [1.807, 2.05) is 12.1 Å². The summed E-state index contributed by atoms with van der Waals surface area (Å²) >= 11 is 3.20. The van der Waals surface area contributed by atoms with Gasteiger partial charge in [-0.3, -0.25) is 0 Å². The van der Waals surface area contributed by atoms with Crippen molar-refractivity contribution in [3.63, 3.8) is 0 Å². The number of hydrogen-bond acceptors (Lipinski definition) is 4. The van der Waals surface area contributed by atoms with Gasteiger partial charge in [-0.25, -0.2) is 9.78 Å². The molecule has 2 rings (SSSR count). The van der Waals surface area contributed by atoms with E-state index in [0.29, 0.717) is 23.3 Å². The smallest absolute Gasteiger partial charge is 0.339 e. The minimum atomic E-state index is -1.01. The third kappa shape index (κ3) is 3.10. The van der Waals surface area contributed by atoms with Gasteiger partial charge in [-0.1, -0.05) is 0 Å². The number of carbonyl (C=O) groups is 1. The summed E-state index contributed by atoms with van der Waals surface area (Å²) in [5.74, 6) is 0.193. The number of nitrogens with zero attached hydrogens (tertiary/aromatic N) is 1. The predicted molar refractivity (Wildman–Crippen MR) is 69.8 cm³/mol. The van der Waals surface area contributed by atoms with Gasteiger partial charge in [0, 0.05) is 23.6 Å². The van der Waals surface area contributed by atoms with Crippen LogP contribution in [0.3, 0.4) is 0 Å². The van der Waals surface area contributed by atoms with Crippen molar-refractivity contribution in [3.05, 3.63) is 46.5 Å². The largest absolute Gasteiger partial charge is 0.478 e. The highest BCUT2D eigenvalue weighted by Crippen LogP contribution is 2.18. The van der Waals surface area contributed by atoms with Gasteiger partial charge in [0.25, 0.3) is 0 Å². The van der Waals surface area contributed by atoms with Crippen molar-refractivity contribution in [2.75, 3.05) is 11.9 Å². The van der Waals surface area contributed by atoms with Gasteiger partial charge < -0.3 is 14.8 Å². The van der Waals surface area contributed by atoms with E-state index in [1.165, 1.54) is 6.07 Å². The number of carboxylic acid groups (broad SMARTS) is 1. The Morgan fingerprint density at radius 3 is 3.06 bits per heavy atom. The van der Waals surface area contributed by atoms with Crippen molar-refractivity contribution in [3.8, 4) is 0 Å². The Hall–Kier alpha value is -1.82. The Labute approximate surface area is 112 Å². The summed E-state index contributed by atoms with van der Waals surface area (Å²) < 4.78 is 5.82. The van der Waals surface area contributed by atoms with Crippen molar-refractivity contribution < 1.29 is 14.3 Å². The first kappa shape index (κ1) is 12.6. The fourth-order valence-corrected chi connectivity index (χ4v) is 1.83. The molecular weight excluding hydrogens is 300 g/mol. The molecule has 0 amide bonds. The lowest BCUT2D eigenvalue weighted by molar-refractivity contribution is 0.0697. The van der Waals surface area contributed by atoms with Crippen LogP contribution in [0.15, 0.2) is 39.5 Å². The van der Waals surface area contributed by atoms with E-state index >= 15 is 0 Å². The Balaban J connectivity index is 2.02. The first-order valence-corrected chi connectivity index (χ1v) is 6.11. The minimum absolute atomic E-state index is 0.142. The normalized spacial score (nSPS) is 10.3. The number of aromatic carboxylic acids is 1. The Bertz CT molecular complexity index is 540. The maximum Gasteiger partial charge on any atom is 0.339 e. The summed E-state index contributed by atoms with van der Waals surface area (Å²) in [6.07, 6.45) is 3.83. The van der Waals surface area contributed by atoms with Gasteiger partial charge in [-0.15, -0.1) is 0 Å². The lowest BCUT2D eigenvalue weighted by atomic mass is 10.2. The van der Waals surface area contributed by atoms with Crippen molar-refractivity contribution in [1.82, 2.24) is 4.98 Å². The Kier molecular flexibility index (Phi) is 3.99. The molecule has 2 heterocycles. The van der Waals surface area contributed by atoms with Gasteiger partial charge in [-0.05, 0) is 34.1 Å². The average Bonchev–Trinajstić information content (AvgIpc) is 2.84. The summed E-state index contributed by atoms with van der Waals surface area (Å²) in [7, 11) is 0. The second-order valence-corrected chi connectivity index (χ2v) is 4.53. The molecule has 0 bridgehead atoms. The van der Waals surface area contributed by atoms with Crippen LogP contribution in [-0.4, -0.2) is 22.6 Å². The summed E-state index contributed by atoms with van der Waals surface area (Å²) in [4.78, 5) is 15.1. The number of nitrogens with one attached hydrogen (secondary N) is 1. The molecule has 0 unspecified atom stereocenters. The molecule has 18 heavy (non-hydrogen) atoms. The van der Waals surface area contributed by atoms with Gasteiger partial charge in [0.15, 0.2) is 0 Å². The second kappa shape index (κ2) is 5.68. The number of carboxylic acids is 1. The lowest BCUT2D eigenvalue weighted by Gasteiger charge is -2.07. The predicted octanol–water partition coefficient (Wildman–Crippen LogP) is 2.79. The standard InChI is InChI=1S/C12H11BrN2O3/c13-8-6-10(12(16)17)11(15-7-8)14-4-3-9-2-1-5-18-9/h1-2,5-7H,3-4H2,(H,14,15)(H,16,17). The molecule has 2 N–H and O–H groups in total. The van der Waals surface area contributed by atoms with Crippen molar-refractivity contribution in [2.45, 2.75) is 6.42 Å². The quantitative estimate of drug-likeness (QED) is 0.888. The molecule has 5 nitrogen and oxygen atoms in total. The molecular formula is C12H11BrN2O3. The first-order chi connectivity index (χ1) is 8.66. The van der Waals surface area contributed by atoms with Crippen LogP contribution < -0.4 is 5.32 Å². The highest BCUT2D eigenvalue weighted by Gasteiger charge is 2.11. The molecule has 2 aromatic rings. The monoisotopic (exact) mass is 310 g/mol. The summed E-state index contributed by atoms with van der Waals surface area (Å²) in [6, 6.07) is 5.20. The van der Waals surface area contributed by atoms with Crippen LogP contribution in [0.4, 0.5) is 5.82 Å². The van der Waals surface area contributed by atoms with E-state index in [9.17, 15) is 4.79 Å². The topological polar surface area (TPSA) is 75.4 Å². The molecule has 0 aliphatic carbocycles. The molecule has 0 spiro atoms. The number of rotatable bonds is 5. The maximum atomic E-state index is 11.0. The van der Waals surface area contributed by atoms with E-state index in [-0.39, 0.29) is 5.56 Å². The molecule has 6 heteroatoms. The van der Waals surface area contributed by atoms with E-state index in [4.69, 9.17) is 9.52 Å². The van der Waals surface area contributed by atoms with E-state index < -0.39 is 5.97 Å². The van der Waals surface area contributed by atoms with Gasteiger partial charge >= 0.3 is 5.97 Å². The highest BCUT2D eigenvalue weighted by atomic mass is 79.9. The number of hydrogen-bond donors (Lipinski definition) is 2. The summed E-state index contributed by atoms with van der Waals surface area (Å²) in [6.45, 7) is 0.558. The summed E-state index contributed by atoms with van der Waals surface area (Å²) in [5, 5.41) is 12.0. The molecule has 0 atom stereocenters. The third-order valence-corrected chi connectivity index (χ3v) is 2.76. The molecule has 0 fully saturated rings. The zero-order valence-corrected chi connectivity index (χ0v) is 11.0. The molecule has 2 aromatic heterocycles. The first-order valence-electron chi connectivity index (χ1n) is 5.32. The van der Waals surface area contributed by atoms with Crippen LogP contribution in [0.1, 0.15) is 16.1 Å². The SMILES string of the molecule is O=C(O)c1cc(Br)cnc1NCCc1ccco1. The molecule has 94 valence electrons. The fourth-order valence-electron chi connectivity index (χ4n) is 1.50. The Morgan fingerprint density at radius 1 is 1.56 bits per heavy atom. The van der Waals surface area contributed by atoms with Crippen LogP contribution in [-0.2, 0) is 6.42 Å². The number of aromatic nitrogens is 1. The van der Waals surface area contributed by atoms with Crippen molar-refractivity contribution in [2.24, 2.45) is 0 Å². The molecule has 0 aliphatic heterocycles. The van der Waals surface area contributed by atoms with Crippen LogP contribution in [0.2, 0.25) is 0 Å². The fraction of sp³-hybridized carbons (Fsp3) is 0.167. The zero-order valence-electron chi connectivity index (χ0n) is 9.39. The zero-order chi connectivity index (χ0) is 13.0. The summed E-state index contributed by atoms with van der Waals surface area (Å²) in [5.41, 5.74) is 0.142. The van der Waals surface area contributed by atoms with Crippen LogP contribution in [0.25, 0.3) is 0 Å². The van der Waals surface area contributed by atoms with Crippen molar-refractivity contribution >= 4 is 27.7 Å². The molecule has 0 saturated heterocycles. The van der Waals surface area contributed by atoms with E-state index in [2.05, 4.69) is 26.2 Å². The van der Waals surface area contributed by atoms with Crippen LogP contribution in [0, 0.1) is 0 Å².